The van der Waals surface area contributed by atoms with Gasteiger partial charge in [-0.3, -0.25) is 4.79 Å². The van der Waals surface area contributed by atoms with E-state index in [1.54, 1.807) is 6.08 Å². The van der Waals surface area contributed by atoms with Gasteiger partial charge in [-0.1, -0.05) is 54.6 Å². The number of rotatable bonds is 8. The van der Waals surface area contributed by atoms with Gasteiger partial charge in [0.2, 0.25) is 0 Å². The average Bonchev–Trinajstić information content (AvgIpc) is 2.87. The summed E-state index contributed by atoms with van der Waals surface area (Å²) in [4.78, 5) is 20.2. The lowest BCUT2D eigenvalue weighted by molar-refractivity contribution is 0.104. The van der Waals surface area contributed by atoms with Crippen molar-refractivity contribution in [2.45, 2.75) is 32.4 Å². The standard InChI is InChI=1S/C32H39N3O/c1-24-10-6-8-12-29(24)25-14-16-31(35(5)28-18-20-34(4)21-19-28)26(22-25)15-17-32(36)30-13-9-7-11-27(30)23-33(2)3/h6-17,22,28H,18-21,23H2,1-5H3. The fraction of sp³-hybridized carbons (Fsp3) is 0.344. The number of hydrogen-bond acceptors (Lipinski definition) is 4. The number of aryl methyl sites for hydroxylation is 1. The van der Waals surface area contributed by atoms with E-state index in [4.69, 9.17) is 0 Å². The lowest BCUT2D eigenvalue weighted by Gasteiger charge is -2.37. The summed E-state index contributed by atoms with van der Waals surface area (Å²) in [5.74, 6) is 0.0432. The van der Waals surface area contributed by atoms with Crippen molar-refractivity contribution in [3.63, 3.8) is 0 Å². The quantitative estimate of drug-likeness (QED) is 0.285. The SMILES string of the molecule is Cc1ccccc1-c1ccc(N(C)C2CCN(C)CC2)c(C=CC(=O)c2ccccc2CN(C)C)c1. The molecule has 4 heteroatoms. The Balaban J connectivity index is 1.70. The van der Waals surface area contributed by atoms with Gasteiger partial charge in [0.25, 0.3) is 0 Å². The summed E-state index contributed by atoms with van der Waals surface area (Å²) >= 11 is 0. The topological polar surface area (TPSA) is 26.8 Å². The molecule has 188 valence electrons. The summed E-state index contributed by atoms with van der Waals surface area (Å²) < 4.78 is 0. The number of nitrogens with zero attached hydrogens (tertiary/aromatic N) is 3. The normalized spacial score (nSPS) is 15.1. The van der Waals surface area contributed by atoms with E-state index in [1.165, 1.54) is 22.4 Å². The molecule has 1 aliphatic rings. The molecule has 0 saturated carbocycles. The Bertz CT molecular complexity index is 1220. The Hall–Kier alpha value is -3.21. The molecule has 0 aliphatic carbocycles. The van der Waals surface area contributed by atoms with Crippen LogP contribution in [-0.4, -0.2) is 62.9 Å². The van der Waals surface area contributed by atoms with Gasteiger partial charge in [0.15, 0.2) is 5.78 Å². The fourth-order valence-electron chi connectivity index (χ4n) is 5.15. The minimum Gasteiger partial charge on any atom is -0.371 e. The van der Waals surface area contributed by atoms with Crippen molar-refractivity contribution < 1.29 is 4.79 Å². The number of anilines is 1. The molecular formula is C32H39N3O. The van der Waals surface area contributed by atoms with Crippen LogP contribution in [0.2, 0.25) is 0 Å². The maximum atomic E-state index is 13.3. The summed E-state index contributed by atoms with van der Waals surface area (Å²) in [6, 6.07) is 23.6. The van der Waals surface area contributed by atoms with Crippen molar-refractivity contribution in [3.8, 4) is 11.1 Å². The van der Waals surface area contributed by atoms with Gasteiger partial charge in [-0.15, -0.1) is 0 Å². The van der Waals surface area contributed by atoms with Crippen LogP contribution < -0.4 is 4.90 Å². The van der Waals surface area contributed by atoms with Gasteiger partial charge in [-0.05, 0) is 106 Å². The molecule has 4 nitrogen and oxygen atoms in total. The Labute approximate surface area is 216 Å². The van der Waals surface area contributed by atoms with E-state index in [0.717, 1.165) is 49.2 Å². The summed E-state index contributed by atoms with van der Waals surface area (Å²) in [5, 5.41) is 0. The highest BCUT2D eigenvalue weighted by Crippen LogP contribution is 2.32. The molecule has 0 amide bonds. The number of carbonyl (C=O) groups is 1. The third-order valence-corrected chi connectivity index (χ3v) is 7.28. The van der Waals surface area contributed by atoms with Crippen LogP contribution in [0.1, 0.15) is 39.9 Å². The summed E-state index contributed by atoms with van der Waals surface area (Å²) in [6.07, 6.45) is 6.05. The molecule has 36 heavy (non-hydrogen) atoms. The third kappa shape index (κ3) is 6.13. The first kappa shape index (κ1) is 25.9. The molecule has 0 aromatic heterocycles. The van der Waals surface area contributed by atoms with E-state index in [-0.39, 0.29) is 5.78 Å². The minimum absolute atomic E-state index is 0.0432. The predicted octanol–water partition coefficient (Wildman–Crippen LogP) is 6.15. The van der Waals surface area contributed by atoms with E-state index in [9.17, 15) is 4.79 Å². The van der Waals surface area contributed by atoms with Crippen molar-refractivity contribution in [2.75, 3.05) is 46.2 Å². The molecule has 0 radical (unpaired) electrons. The van der Waals surface area contributed by atoms with Crippen molar-refractivity contribution in [2.24, 2.45) is 0 Å². The second kappa shape index (κ2) is 11.7. The van der Waals surface area contributed by atoms with Crippen molar-refractivity contribution in [1.82, 2.24) is 9.80 Å². The highest BCUT2D eigenvalue weighted by Gasteiger charge is 2.22. The Morgan fingerprint density at radius 2 is 1.67 bits per heavy atom. The van der Waals surface area contributed by atoms with Gasteiger partial charge in [-0.2, -0.15) is 0 Å². The zero-order valence-corrected chi connectivity index (χ0v) is 22.4. The van der Waals surface area contributed by atoms with E-state index < -0.39 is 0 Å². The first-order chi connectivity index (χ1) is 17.3. The van der Waals surface area contributed by atoms with E-state index >= 15 is 0 Å². The van der Waals surface area contributed by atoms with Gasteiger partial charge >= 0.3 is 0 Å². The van der Waals surface area contributed by atoms with Gasteiger partial charge in [-0.25, -0.2) is 0 Å². The van der Waals surface area contributed by atoms with Crippen LogP contribution in [0.15, 0.2) is 72.8 Å². The van der Waals surface area contributed by atoms with Crippen LogP contribution in [0.4, 0.5) is 5.69 Å². The van der Waals surface area contributed by atoms with Crippen molar-refractivity contribution in [1.29, 1.82) is 0 Å². The molecule has 1 heterocycles. The number of piperidine rings is 1. The second-order valence-corrected chi connectivity index (χ2v) is 10.3. The molecule has 1 aliphatic heterocycles. The van der Waals surface area contributed by atoms with Crippen LogP contribution in [-0.2, 0) is 6.54 Å². The molecule has 1 fully saturated rings. The second-order valence-electron chi connectivity index (χ2n) is 10.3. The molecule has 4 rings (SSSR count). The molecule has 0 spiro atoms. The number of likely N-dealkylation sites (tertiary alicyclic amines) is 1. The van der Waals surface area contributed by atoms with Crippen molar-refractivity contribution >= 4 is 17.5 Å². The number of benzene rings is 3. The van der Waals surface area contributed by atoms with E-state index in [2.05, 4.69) is 78.2 Å². The number of hydrogen-bond donors (Lipinski definition) is 0. The zero-order chi connectivity index (χ0) is 25.7. The first-order valence-electron chi connectivity index (χ1n) is 12.9. The van der Waals surface area contributed by atoms with Crippen LogP contribution in [0, 0.1) is 6.92 Å². The maximum Gasteiger partial charge on any atom is 0.186 e. The van der Waals surface area contributed by atoms with E-state index in [1.807, 2.05) is 44.4 Å². The van der Waals surface area contributed by atoms with Crippen molar-refractivity contribution in [3.05, 3.63) is 95.1 Å². The maximum absolute atomic E-state index is 13.3. The number of allylic oxidation sites excluding steroid dienone is 1. The van der Waals surface area contributed by atoms with Gasteiger partial charge in [0, 0.05) is 30.9 Å². The number of carbonyl (C=O) groups excluding carboxylic acids is 1. The smallest absolute Gasteiger partial charge is 0.186 e. The highest BCUT2D eigenvalue weighted by molar-refractivity contribution is 6.08. The van der Waals surface area contributed by atoms with Crippen LogP contribution in [0.3, 0.4) is 0 Å². The predicted molar refractivity (Wildman–Crippen MR) is 153 cm³/mol. The van der Waals surface area contributed by atoms with Crippen LogP contribution >= 0.6 is 0 Å². The van der Waals surface area contributed by atoms with Crippen LogP contribution in [0.5, 0.6) is 0 Å². The lowest BCUT2D eigenvalue weighted by atomic mass is 9.96. The Kier molecular flexibility index (Phi) is 8.40. The van der Waals surface area contributed by atoms with Gasteiger partial charge in [0.05, 0.1) is 0 Å². The molecule has 0 bridgehead atoms. The summed E-state index contributed by atoms with van der Waals surface area (Å²) in [7, 11) is 8.45. The average molecular weight is 482 g/mol. The Morgan fingerprint density at radius 1 is 0.972 bits per heavy atom. The lowest BCUT2D eigenvalue weighted by Crippen LogP contribution is -2.42. The molecule has 3 aromatic rings. The molecule has 0 atom stereocenters. The molecule has 3 aromatic carbocycles. The molecule has 1 saturated heterocycles. The molecular weight excluding hydrogens is 442 g/mol. The summed E-state index contributed by atoms with van der Waals surface area (Å²) in [5.41, 5.74) is 7.72. The van der Waals surface area contributed by atoms with Crippen LogP contribution in [0.25, 0.3) is 17.2 Å². The largest absolute Gasteiger partial charge is 0.371 e. The van der Waals surface area contributed by atoms with E-state index in [0.29, 0.717) is 6.04 Å². The minimum atomic E-state index is 0.0432. The number of ketones is 1. The Morgan fingerprint density at radius 3 is 2.39 bits per heavy atom. The highest BCUT2D eigenvalue weighted by atomic mass is 16.1. The molecule has 0 unspecified atom stereocenters. The van der Waals surface area contributed by atoms with Gasteiger partial charge in [0.1, 0.15) is 0 Å². The molecule has 0 N–H and O–H groups in total. The first-order valence-corrected chi connectivity index (χ1v) is 12.9. The third-order valence-electron chi connectivity index (χ3n) is 7.28. The monoisotopic (exact) mass is 481 g/mol. The fourth-order valence-corrected chi connectivity index (χ4v) is 5.15. The van der Waals surface area contributed by atoms with Gasteiger partial charge < -0.3 is 14.7 Å². The summed E-state index contributed by atoms with van der Waals surface area (Å²) in [6.45, 7) is 5.11. The zero-order valence-electron chi connectivity index (χ0n) is 22.4.